The molecule has 2 aliphatic carbocycles. The van der Waals surface area contributed by atoms with Crippen LogP contribution in [0.3, 0.4) is 0 Å². The Morgan fingerprint density at radius 2 is 2.00 bits per heavy atom. The van der Waals surface area contributed by atoms with E-state index in [2.05, 4.69) is 23.5 Å². The van der Waals surface area contributed by atoms with Crippen molar-refractivity contribution in [3.63, 3.8) is 0 Å². The number of hydrogen-bond acceptors (Lipinski definition) is 2. The Balaban J connectivity index is 1.75. The van der Waals surface area contributed by atoms with Gasteiger partial charge in [0.05, 0.1) is 11.6 Å². The molecular weight excluding hydrogens is 373 g/mol. The van der Waals surface area contributed by atoms with Crippen molar-refractivity contribution in [3.05, 3.63) is 34.9 Å². The quantitative estimate of drug-likeness (QED) is 0.759. The van der Waals surface area contributed by atoms with E-state index >= 15 is 0 Å². The van der Waals surface area contributed by atoms with Gasteiger partial charge in [-0.1, -0.05) is 23.8 Å². The SMILES string of the molecule is COC1CCC2(CC1)Cc1ccc(C)cc1C21CN(CC(F)(F)F)C(=S)N1. The maximum atomic E-state index is 13.1. The topological polar surface area (TPSA) is 24.5 Å². The summed E-state index contributed by atoms with van der Waals surface area (Å²) in [6.45, 7) is 1.31. The highest BCUT2D eigenvalue weighted by Crippen LogP contribution is 2.59. The normalized spacial score (nSPS) is 33.0. The van der Waals surface area contributed by atoms with Gasteiger partial charge in [0.25, 0.3) is 0 Å². The molecule has 4 rings (SSSR count). The lowest BCUT2D eigenvalue weighted by molar-refractivity contribution is -0.138. The molecule has 1 aliphatic heterocycles. The van der Waals surface area contributed by atoms with Gasteiger partial charge in [-0.2, -0.15) is 13.2 Å². The number of nitrogens with one attached hydrogen (secondary N) is 1. The minimum Gasteiger partial charge on any atom is -0.381 e. The van der Waals surface area contributed by atoms with Crippen molar-refractivity contribution in [1.29, 1.82) is 0 Å². The average molecular weight is 398 g/mol. The summed E-state index contributed by atoms with van der Waals surface area (Å²) in [6.07, 6.45) is 0.555. The van der Waals surface area contributed by atoms with Gasteiger partial charge >= 0.3 is 6.18 Å². The van der Waals surface area contributed by atoms with E-state index in [9.17, 15) is 13.2 Å². The van der Waals surface area contributed by atoms with Gasteiger partial charge in [-0.25, -0.2) is 0 Å². The van der Waals surface area contributed by atoms with Crippen molar-refractivity contribution in [3.8, 4) is 0 Å². The summed E-state index contributed by atoms with van der Waals surface area (Å²) in [5.41, 5.74) is 2.82. The first-order valence-corrected chi connectivity index (χ1v) is 9.86. The van der Waals surface area contributed by atoms with Crippen LogP contribution < -0.4 is 5.32 Å². The molecule has 148 valence electrons. The lowest BCUT2D eigenvalue weighted by atomic mass is 9.61. The first-order chi connectivity index (χ1) is 12.7. The van der Waals surface area contributed by atoms with E-state index in [1.54, 1.807) is 7.11 Å². The van der Waals surface area contributed by atoms with Crippen LogP contribution in [-0.2, 0) is 16.7 Å². The number of methoxy groups -OCH3 is 1. The summed E-state index contributed by atoms with van der Waals surface area (Å²) in [7, 11) is 1.74. The van der Waals surface area contributed by atoms with Crippen molar-refractivity contribution in [1.82, 2.24) is 10.2 Å². The third kappa shape index (κ3) is 3.03. The number of hydrogen-bond donors (Lipinski definition) is 1. The number of ether oxygens (including phenoxy) is 1. The summed E-state index contributed by atoms with van der Waals surface area (Å²) in [4.78, 5) is 1.30. The van der Waals surface area contributed by atoms with Crippen LogP contribution in [-0.4, -0.2) is 42.5 Å². The summed E-state index contributed by atoms with van der Waals surface area (Å²) in [5.74, 6) is 0. The van der Waals surface area contributed by atoms with E-state index in [0.29, 0.717) is 0 Å². The molecule has 1 saturated carbocycles. The zero-order chi connectivity index (χ0) is 19.4. The molecule has 27 heavy (non-hydrogen) atoms. The van der Waals surface area contributed by atoms with Gasteiger partial charge in [0.1, 0.15) is 6.54 Å². The molecule has 1 N–H and O–H groups in total. The van der Waals surface area contributed by atoms with E-state index in [-0.39, 0.29) is 23.2 Å². The summed E-state index contributed by atoms with van der Waals surface area (Å²) >= 11 is 5.37. The van der Waals surface area contributed by atoms with E-state index in [1.165, 1.54) is 10.5 Å². The highest BCUT2D eigenvalue weighted by atomic mass is 32.1. The number of fused-ring (bicyclic) bond motifs is 3. The number of alkyl halides is 3. The highest BCUT2D eigenvalue weighted by Gasteiger charge is 2.62. The fraction of sp³-hybridized carbons (Fsp3) is 0.650. The lowest BCUT2D eigenvalue weighted by Gasteiger charge is -2.48. The molecule has 1 aromatic rings. The number of nitrogens with zero attached hydrogens (tertiary/aromatic N) is 1. The van der Waals surface area contributed by atoms with Gasteiger partial charge in [-0.05, 0) is 62.4 Å². The number of halogens is 3. The van der Waals surface area contributed by atoms with Crippen molar-refractivity contribution >= 4 is 17.3 Å². The molecule has 1 unspecified atom stereocenters. The first-order valence-electron chi connectivity index (χ1n) is 9.45. The van der Waals surface area contributed by atoms with E-state index in [4.69, 9.17) is 17.0 Å². The van der Waals surface area contributed by atoms with Crippen molar-refractivity contribution < 1.29 is 17.9 Å². The molecule has 0 amide bonds. The largest absolute Gasteiger partial charge is 0.406 e. The van der Waals surface area contributed by atoms with Gasteiger partial charge in [0.2, 0.25) is 0 Å². The number of benzene rings is 1. The van der Waals surface area contributed by atoms with Crippen LogP contribution in [0.2, 0.25) is 0 Å². The van der Waals surface area contributed by atoms with Gasteiger partial charge < -0.3 is 15.0 Å². The van der Waals surface area contributed by atoms with E-state index in [1.807, 2.05) is 6.92 Å². The molecule has 2 fully saturated rings. The van der Waals surface area contributed by atoms with Crippen molar-refractivity contribution in [2.75, 3.05) is 20.2 Å². The predicted molar refractivity (Wildman–Crippen MR) is 102 cm³/mol. The van der Waals surface area contributed by atoms with Crippen molar-refractivity contribution in [2.45, 2.75) is 56.8 Å². The summed E-state index contributed by atoms with van der Waals surface area (Å²) in [6, 6.07) is 6.37. The Hall–Kier alpha value is -1.34. The number of rotatable bonds is 2. The number of thiocarbonyl (C=S) groups is 1. The van der Waals surface area contributed by atoms with E-state index in [0.717, 1.165) is 43.2 Å². The Morgan fingerprint density at radius 1 is 1.30 bits per heavy atom. The Labute approximate surface area is 163 Å². The van der Waals surface area contributed by atoms with Crippen LogP contribution in [0.5, 0.6) is 0 Å². The maximum Gasteiger partial charge on any atom is 0.406 e. The number of aryl methyl sites for hydroxylation is 1. The monoisotopic (exact) mass is 398 g/mol. The van der Waals surface area contributed by atoms with Gasteiger partial charge in [0.15, 0.2) is 5.11 Å². The van der Waals surface area contributed by atoms with Crippen LogP contribution >= 0.6 is 12.2 Å². The molecule has 0 aromatic heterocycles. The molecule has 0 bridgehead atoms. The van der Waals surface area contributed by atoms with Gasteiger partial charge in [-0.15, -0.1) is 0 Å². The molecule has 0 radical (unpaired) electrons. The summed E-state index contributed by atoms with van der Waals surface area (Å²) in [5, 5.41) is 3.61. The maximum absolute atomic E-state index is 13.1. The second-order valence-corrected chi connectivity index (χ2v) is 8.75. The smallest absolute Gasteiger partial charge is 0.381 e. The third-order valence-electron chi connectivity index (χ3n) is 6.79. The lowest BCUT2D eigenvalue weighted by Crippen LogP contribution is -2.54. The van der Waals surface area contributed by atoms with Crippen molar-refractivity contribution in [2.24, 2.45) is 5.41 Å². The highest BCUT2D eigenvalue weighted by molar-refractivity contribution is 7.80. The van der Waals surface area contributed by atoms with Crippen LogP contribution in [0.25, 0.3) is 0 Å². The van der Waals surface area contributed by atoms with Gasteiger partial charge in [0, 0.05) is 19.1 Å². The predicted octanol–water partition coefficient (Wildman–Crippen LogP) is 4.07. The first kappa shape index (κ1) is 19.0. The second-order valence-electron chi connectivity index (χ2n) is 8.36. The minimum absolute atomic E-state index is 0.122. The molecule has 1 atom stereocenters. The zero-order valence-corrected chi connectivity index (χ0v) is 16.5. The fourth-order valence-corrected chi connectivity index (χ4v) is 5.79. The fourth-order valence-electron chi connectivity index (χ4n) is 5.48. The molecule has 1 aromatic carbocycles. The molecule has 3 nitrogen and oxygen atoms in total. The zero-order valence-electron chi connectivity index (χ0n) is 15.7. The van der Waals surface area contributed by atoms with Crippen LogP contribution in [0.1, 0.15) is 42.4 Å². The molecule has 3 aliphatic rings. The molecule has 1 heterocycles. The Bertz CT molecular complexity index is 758. The Morgan fingerprint density at radius 3 is 2.63 bits per heavy atom. The molecular formula is C20H25F3N2OS. The van der Waals surface area contributed by atoms with Crippen LogP contribution in [0, 0.1) is 12.3 Å². The van der Waals surface area contributed by atoms with Crippen LogP contribution in [0.4, 0.5) is 13.2 Å². The minimum atomic E-state index is -4.27. The summed E-state index contributed by atoms with van der Waals surface area (Å²) < 4.78 is 44.8. The third-order valence-corrected chi connectivity index (χ3v) is 7.15. The molecule has 2 spiro atoms. The standard InChI is InChI=1S/C20H25F3N2OS/c1-13-3-4-14-10-18(7-5-15(26-2)6-8-18)19(16(14)9-13)11-25(17(27)24-19)12-20(21,22)23/h3-4,9,15H,5-8,10-12H2,1-2H3,(H,24,27). The molecule has 7 heteroatoms. The molecule has 1 saturated heterocycles. The Kier molecular flexibility index (Phi) is 4.46. The van der Waals surface area contributed by atoms with Crippen LogP contribution in [0.15, 0.2) is 18.2 Å². The second kappa shape index (κ2) is 6.34. The average Bonchev–Trinajstić information content (AvgIpc) is 3.04. The van der Waals surface area contributed by atoms with Gasteiger partial charge in [-0.3, -0.25) is 0 Å². The van der Waals surface area contributed by atoms with E-state index < -0.39 is 18.3 Å².